The summed E-state index contributed by atoms with van der Waals surface area (Å²) in [5, 5.41) is 17.1. The number of nitro benzene ring substituents is 1. The average Bonchev–Trinajstić information content (AvgIpc) is 2.68. The fourth-order valence-corrected chi connectivity index (χ4v) is 2.46. The third-order valence-corrected chi connectivity index (χ3v) is 3.88. The molecule has 0 atom stereocenters. The van der Waals surface area contributed by atoms with Crippen LogP contribution in [-0.4, -0.2) is 30.7 Å². The van der Waals surface area contributed by atoms with Crippen LogP contribution in [0.4, 0.5) is 18.9 Å². The molecule has 11 heteroatoms. The van der Waals surface area contributed by atoms with Crippen LogP contribution in [-0.2, 0) is 24.4 Å². The van der Waals surface area contributed by atoms with Crippen LogP contribution in [0.3, 0.4) is 0 Å². The molecule has 30 heavy (non-hydrogen) atoms. The Labute approximate surface area is 188 Å². The Morgan fingerprint density at radius 2 is 1.67 bits per heavy atom. The SMILES string of the molecule is CN=C(NCc1ccc(COCC(F)(F)F)cc1)NCc1ccccc1[N+](=O)[O-].I. The molecule has 2 aromatic carbocycles. The molecule has 0 amide bonds. The van der Waals surface area contributed by atoms with Crippen molar-refractivity contribution < 1.29 is 22.8 Å². The molecule has 2 rings (SSSR count). The number of nitro groups is 1. The van der Waals surface area contributed by atoms with E-state index in [2.05, 4.69) is 20.4 Å². The van der Waals surface area contributed by atoms with E-state index in [1.54, 1.807) is 49.5 Å². The fraction of sp³-hybridized carbons (Fsp3) is 0.316. The molecule has 0 aliphatic heterocycles. The van der Waals surface area contributed by atoms with Gasteiger partial charge in [-0.25, -0.2) is 0 Å². The summed E-state index contributed by atoms with van der Waals surface area (Å²) in [6.07, 6.45) is -4.34. The predicted molar refractivity (Wildman–Crippen MR) is 118 cm³/mol. The van der Waals surface area contributed by atoms with Crippen LogP contribution in [0, 0.1) is 10.1 Å². The van der Waals surface area contributed by atoms with E-state index in [9.17, 15) is 23.3 Å². The Hall–Kier alpha value is -2.41. The highest BCUT2D eigenvalue weighted by molar-refractivity contribution is 14.0. The minimum Gasteiger partial charge on any atom is -0.367 e. The van der Waals surface area contributed by atoms with Crippen LogP contribution < -0.4 is 10.6 Å². The molecule has 0 aliphatic rings. The second kappa shape index (κ2) is 12.3. The average molecular weight is 538 g/mol. The number of nitrogens with zero attached hydrogens (tertiary/aromatic N) is 2. The molecule has 0 aromatic heterocycles. The number of aliphatic imine (C=N–C) groups is 1. The molecule has 0 aliphatic carbocycles. The number of nitrogens with one attached hydrogen (secondary N) is 2. The van der Waals surface area contributed by atoms with Crippen LogP contribution in [0.2, 0.25) is 0 Å². The maximum Gasteiger partial charge on any atom is 0.411 e. The first kappa shape index (κ1) is 25.6. The molecule has 164 valence electrons. The quantitative estimate of drug-likeness (QED) is 0.173. The third-order valence-electron chi connectivity index (χ3n) is 3.88. The predicted octanol–water partition coefficient (Wildman–Crippen LogP) is 4.16. The van der Waals surface area contributed by atoms with E-state index in [-0.39, 0.29) is 42.8 Å². The highest BCUT2D eigenvalue weighted by atomic mass is 127. The minimum atomic E-state index is -4.34. The zero-order valence-corrected chi connectivity index (χ0v) is 18.4. The molecule has 7 nitrogen and oxygen atoms in total. The van der Waals surface area contributed by atoms with E-state index >= 15 is 0 Å². The summed E-state index contributed by atoms with van der Waals surface area (Å²) in [6.45, 7) is -0.753. The monoisotopic (exact) mass is 538 g/mol. The first-order valence-electron chi connectivity index (χ1n) is 8.67. The molecular formula is C19H22F3IN4O3. The molecule has 2 N–H and O–H groups in total. The summed E-state index contributed by atoms with van der Waals surface area (Å²) in [7, 11) is 1.58. The first-order valence-corrected chi connectivity index (χ1v) is 8.67. The van der Waals surface area contributed by atoms with Crippen molar-refractivity contribution in [3.63, 3.8) is 0 Å². The first-order chi connectivity index (χ1) is 13.8. The standard InChI is InChI=1S/C19H21F3N4O3.HI/c1-23-18(25-11-16-4-2-3-5-17(16)26(27)28)24-10-14-6-8-15(9-7-14)12-29-13-19(20,21)22;/h2-9H,10-13H2,1H3,(H2,23,24,25);1H. The topological polar surface area (TPSA) is 88.8 Å². The minimum absolute atomic E-state index is 0. The lowest BCUT2D eigenvalue weighted by Gasteiger charge is -2.12. The van der Waals surface area contributed by atoms with Crippen molar-refractivity contribution in [2.24, 2.45) is 4.99 Å². The van der Waals surface area contributed by atoms with Crippen LogP contribution in [0.1, 0.15) is 16.7 Å². The Morgan fingerprint density at radius 1 is 1.07 bits per heavy atom. The van der Waals surface area contributed by atoms with Gasteiger partial charge < -0.3 is 15.4 Å². The van der Waals surface area contributed by atoms with Crippen molar-refractivity contribution in [3.8, 4) is 0 Å². The van der Waals surface area contributed by atoms with Gasteiger partial charge in [-0.1, -0.05) is 42.5 Å². The number of guanidine groups is 1. The molecule has 2 aromatic rings. The van der Waals surface area contributed by atoms with Gasteiger partial charge >= 0.3 is 6.18 Å². The van der Waals surface area contributed by atoms with Gasteiger partial charge in [0.2, 0.25) is 0 Å². The van der Waals surface area contributed by atoms with Crippen molar-refractivity contribution in [1.82, 2.24) is 10.6 Å². The smallest absolute Gasteiger partial charge is 0.367 e. The number of hydrogen-bond acceptors (Lipinski definition) is 4. The van der Waals surface area contributed by atoms with Gasteiger partial charge in [0.1, 0.15) is 6.61 Å². The van der Waals surface area contributed by atoms with Crippen LogP contribution in [0.15, 0.2) is 53.5 Å². The van der Waals surface area contributed by atoms with Crippen LogP contribution in [0.25, 0.3) is 0 Å². The van der Waals surface area contributed by atoms with Crippen LogP contribution in [0.5, 0.6) is 0 Å². The molecule has 0 saturated carbocycles. The van der Waals surface area contributed by atoms with Gasteiger partial charge in [0.15, 0.2) is 5.96 Å². The zero-order chi connectivity index (χ0) is 21.3. The van der Waals surface area contributed by atoms with Crippen LogP contribution >= 0.6 is 24.0 Å². The van der Waals surface area contributed by atoms with Gasteiger partial charge in [-0.3, -0.25) is 15.1 Å². The van der Waals surface area contributed by atoms with E-state index in [0.717, 1.165) is 5.56 Å². The van der Waals surface area contributed by atoms with E-state index in [1.807, 2.05) is 0 Å². The Bertz CT molecular complexity index is 846. The third kappa shape index (κ3) is 8.95. The number of hydrogen-bond donors (Lipinski definition) is 2. The Balaban J connectivity index is 0.00000450. The van der Waals surface area contributed by atoms with Gasteiger partial charge in [0, 0.05) is 31.8 Å². The summed E-state index contributed by atoms with van der Waals surface area (Å²) in [5.41, 5.74) is 2.08. The van der Waals surface area contributed by atoms with E-state index in [0.29, 0.717) is 23.6 Å². The van der Waals surface area contributed by atoms with Gasteiger partial charge in [0.05, 0.1) is 11.5 Å². The lowest BCUT2D eigenvalue weighted by Crippen LogP contribution is -2.36. The van der Waals surface area contributed by atoms with E-state index < -0.39 is 17.7 Å². The maximum atomic E-state index is 12.1. The number of para-hydroxylation sites is 1. The molecule has 0 saturated heterocycles. The van der Waals surface area contributed by atoms with Gasteiger partial charge in [-0.05, 0) is 11.1 Å². The van der Waals surface area contributed by atoms with E-state index in [1.165, 1.54) is 6.07 Å². The lowest BCUT2D eigenvalue weighted by molar-refractivity contribution is -0.385. The van der Waals surface area contributed by atoms with Crippen molar-refractivity contribution in [1.29, 1.82) is 0 Å². The number of benzene rings is 2. The Kier molecular flexibility index (Phi) is 10.5. The molecule has 0 bridgehead atoms. The molecule has 0 spiro atoms. The summed E-state index contributed by atoms with van der Waals surface area (Å²) in [4.78, 5) is 14.7. The number of alkyl halides is 3. The van der Waals surface area contributed by atoms with Crippen molar-refractivity contribution in [2.75, 3.05) is 13.7 Å². The van der Waals surface area contributed by atoms with Crippen molar-refractivity contribution in [3.05, 3.63) is 75.3 Å². The summed E-state index contributed by atoms with van der Waals surface area (Å²) in [6, 6.07) is 13.4. The molecule has 0 fully saturated rings. The fourth-order valence-electron chi connectivity index (χ4n) is 2.46. The highest BCUT2D eigenvalue weighted by Gasteiger charge is 2.27. The molecule has 0 heterocycles. The van der Waals surface area contributed by atoms with E-state index in [4.69, 9.17) is 0 Å². The highest BCUT2D eigenvalue weighted by Crippen LogP contribution is 2.17. The Morgan fingerprint density at radius 3 is 2.27 bits per heavy atom. The zero-order valence-electron chi connectivity index (χ0n) is 16.1. The molecule has 0 radical (unpaired) electrons. The van der Waals surface area contributed by atoms with Gasteiger partial charge in [0.25, 0.3) is 5.69 Å². The molecular weight excluding hydrogens is 516 g/mol. The number of halogens is 4. The second-order valence-corrected chi connectivity index (χ2v) is 6.09. The van der Waals surface area contributed by atoms with Gasteiger partial charge in [-0.15, -0.1) is 24.0 Å². The number of rotatable bonds is 8. The summed E-state index contributed by atoms with van der Waals surface area (Å²) in [5.74, 6) is 0.459. The van der Waals surface area contributed by atoms with Crippen molar-refractivity contribution >= 4 is 35.6 Å². The second-order valence-electron chi connectivity index (χ2n) is 6.09. The molecule has 0 unspecified atom stereocenters. The summed E-state index contributed by atoms with van der Waals surface area (Å²) >= 11 is 0. The summed E-state index contributed by atoms with van der Waals surface area (Å²) < 4.78 is 40.9. The normalized spacial score (nSPS) is 11.5. The van der Waals surface area contributed by atoms with Crippen molar-refractivity contribution in [2.45, 2.75) is 25.9 Å². The largest absolute Gasteiger partial charge is 0.411 e. The maximum absolute atomic E-state index is 12.1. The number of ether oxygens (including phenoxy) is 1. The van der Waals surface area contributed by atoms with Gasteiger partial charge in [-0.2, -0.15) is 13.2 Å². The lowest BCUT2D eigenvalue weighted by atomic mass is 10.1.